The maximum Gasteiger partial charge on any atom is 0.309 e. The summed E-state index contributed by atoms with van der Waals surface area (Å²) in [6, 6.07) is 0. The molecule has 17 heavy (non-hydrogen) atoms. The summed E-state index contributed by atoms with van der Waals surface area (Å²) >= 11 is 2.09. The fourth-order valence-electron chi connectivity index (χ4n) is 1.32. The number of esters is 2. The van der Waals surface area contributed by atoms with E-state index in [0.29, 0.717) is 11.0 Å². The number of carbonyl (C=O) groups excluding carboxylic acids is 2. The van der Waals surface area contributed by atoms with Gasteiger partial charge in [-0.3, -0.25) is 9.59 Å². The lowest BCUT2D eigenvalue weighted by molar-refractivity contribution is -0.152. The molecule has 0 aromatic heterocycles. The minimum Gasteiger partial charge on any atom is -0.466 e. The summed E-state index contributed by atoms with van der Waals surface area (Å²) in [5.74, 6) is -0.646. The summed E-state index contributed by atoms with van der Waals surface area (Å²) in [4.78, 5) is 22.2. The molecule has 4 nitrogen and oxygen atoms in total. The van der Waals surface area contributed by atoms with E-state index in [1.807, 2.05) is 0 Å². The fraction of sp³-hybridized carbons (Fsp3) is 0.833. The van der Waals surface area contributed by atoms with Gasteiger partial charge in [0.2, 0.25) is 0 Å². The second kappa shape index (κ2) is 10.8. The smallest absolute Gasteiger partial charge is 0.309 e. The van der Waals surface area contributed by atoms with E-state index < -0.39 is 0 Å². The predicted octanol–water partition coefficient (Wildman–Crippen LogP) is 2.87. The first-order chi connectivity index (χ1) is 8.10. The third-order valence-electron chi connectivity index (χ3n) is 2.16. The standard InChI is InChI=1S/C12H21IO4/c1-3-4-5-6-7-16-12(15)8-11(9-13)17-10(2)14/h11H,3-9H2,1-2H3. The van der Waals surface area contributed by atoms with E-state index in [4.69, 9.17) is 9.47 Å². The Kier molecular flexibility index (Phi) is 10.6. The van der Waals surface area contributed by atoms with Crippen molar-refractivity contribution in [2.24, 2.45) is 0 Å². The SMILES string of the molecule is CCCCCCOC(=O)CC(CI)OC(C)=O. The van der Waals surface area contributed by atoms with Crippen molar-refractivity contribution < 1.29 is 19.1 Å². The molecule has 0 radical (unpaired) electrons. The zero-order valence-corrected chi connectivity index (χ0v) is 12.7. The summed E-state index contributed by atoms with van der Waals surface area (Å²) < 4.78 is 10.6. The van der Waals surface area contributed by atoms with Crippen LogP contribution in [0.1, 0.15) is 46.0 Å². The van der Waals surface area contributed by atoms with Gasteiger partial charge in [-0.05, 0) is 6.42 Å². The quantitative estimate of drug-likeness (QED) is 0.276. The third kappa shape index (κ3) is 10.5. The largest absolute Gasteiger partial charge is 0.466 e. The monoisotopic (exact) mass is 356 g/mol. The van der Waals surface area contributed by atoms with Gasteiger partial charge in [-0.2, -0.15) is 0 Å². The Labute approximate surface area is 117 Å². The topological polar surface area (TPSA) is 52.6 Å². The molecule has 0 heterocycles. The number of hydrogen-bond donors (Lipinski definition) is 0. The van der Waals surface area contributed by atoms with Gasteiger partial charge in [-0.1, -0.05) is 48.8 Å². The molecule has 0 bridgehead atoms. The molecule has 0 aliphatic heterocycles. The van der Waals surface area contributed by atoms with Gasteiger partial charge in [-0.15, -0.1) is 0 Å². The van der Waals surface area contributed by atoms with Crippen LogP contribution in [0.5, 0.6) is 0 Å². The van der Waals surface area contributed by atoms with Crippen molar-refractivity contribution in [3.05, 3.63) is 0 Å². The molecule has 0 fully saturated rings. The molecule has 1 atom stereocenters. The normalized spacial score (nSPS) is 11.9. The highest BCUT2D eigenvalue weighted by Gasteiger charge is 2.16. The molecule has 0 spiro atoms. The van der Waals surface area contributed by atoms with E-state index >= 15 is 0 Å². The molecular formula is C12H21IO4. The van der Waals surface area contributed by atoms with Crippen LogP contribution in [-0.2, 0) is 19.1 Å². The van der Waals surface area contributed by atoms with Crippen molar-refractivity contribution >= 4 is 34.5 Å². The Bertz CT molecular complexity index is 231. The molecule has 0 N–H and O–H groups in total. The zero-order chi connectivity index (χ0) is 13.1. The number of rotatable bonds is 9. The second-order valence-electron chi connectivity index (χ2n) is 3.87. The molecule has 0 saturated heterocycles. The Morgan fingerprint density at radius 3 is 2.47 bits per heavy atom. The summed E-state index contributed by atoms with van der Waals surface area (Å²) in [6.45, 7) is 3.94. The first-order valence-electron chi connectivity index (χ1n) is 5.99. The van der Waals surface area contributed by atoms with Crippen LogP contribution in [0.25, 0.3) is 0 Å². The number of alkyl halides is 1. The lowest BCUT2D eigenvalue weighted by Crippen LogP contribution is -2.23. The van der Waals surface area contributed by atoms with E-state index in [1.54, 1.807) is 0 Å². The van der Waals surface area contributed by atoms with E-state index in [-0.39, 0.29) is 24.5 Å². The van der Waals surface area contributed by atoms with Crippen LogP contribution in [0.2, 0.25) is 0 Å². The minimum atomic E-state index is -0.365. The summed E-state index contributed by atoms with van der Waals surface area (Å²) in [7, 11) is 0. The molecule has 5 heteroatoms. The van der Waals surface area contributed by atoms with Crippen LogP contribution >= 0.6 is 22.6 Å². The van der Waals surface area contributed by atoms with Crippen molar-refractivity contribution in [3.8, 4) is 0 Å². The molecule has 0 amide bonds. The average Bonchev–Trinajstić information content (AvgIpc) is 2.27. The van der Waals surface area contributed by atoms with Crippen molar-refractivity contribution in [2.75, 3.05) is 11.0 Å². The summed E-state index contributed by atoms with van der Waals surface area (Å²) in [6.07, 6.45) is 4.11. The van der Waals surface area contributed by atoms with Crippen molar-refractivity contribution in [2.45, 2.75) is 52.1 Å². The molecule has 100 valence electrons. The van der Waals surface area contributed by atoms with Crippen molar-refractivity contribution in [1.29, 1.82) is 0 Å². The van der Waals surface area contributed by atoms with Gasteiger partial charge in [0, 0.05) is 11.4 Å². The highest BCUT2D eigenvalue weighted by atomic mass is 127. The number of unbranched alkanes of at least 4 members (excludes halogenated alkanes) is 3. The first-order valence-corrected chi connectivity index (χ1v) is 7.51. The fourth-order valence-corrected chi connectivity index (χ4v) is 1.81. The number of hydrogen-bond acceptors (Lipinski definition) is 4. The van der Waals surface area contributed by atoms with E-state index in [1.165, 1.54) is 13.3 Å². The number of carbonyl (C=O) groups is 2. The molecule has 0 saturated carbocycles. The van der Waals surface area contributed by atoms with E-state index in [9.17, 15) is 9.59 Å². The van der Waals surface area contributed by atoms with Crippen molar-refractivity contribution in [1.82, 2.24) is 0 Å². The molecule has 0 aromatic carbocycles. The van der Waals surface area contributed by atoms with Crippen molar-refractivity contribution in [3.63, 3.8) is 0 Å². The highest BCUT2D eigenvalue weighted by molar-refractivity contribution is 14.1. The van der Waals surface area contributed by atoms with E-state index in [2.05, 4.69) is 29.5 Å². The molecule has 0 rings (SSSR count). The van der Waals surface area contributed by atoms with E-state index in [0.717, 1.165) is 19.3 Å². The minimum absolute atomic E-state index is 0.149. The third-order valence-corrected chi connectivity index (χ3v) is 3.14. The Balaban J connectivity index is 3.64. The Morgan fingerprint density at radius 2 is 1.94 bits per heavy atom. The van der Waals surface area contributed by atoms with Crippen LogP contribution < -0.4 is 0 Å². The van der Waals surface area contributed by atoms with Gasteiger partial charge < -0.3 is 9.47 Å². The second-order valence-corrected chi connectivity index (χ2v) is 4.75. The molecule has 0 aromatic rings. The van der Waals surface area contributed by atoms with Crippen LogP contribution in [-0.4, -0.2) is 29.1 Å². The Hall–Kier alpha value is -0.330. The van der Waals surface area contributed by atoms with Crippen LogP contribution in [0, 0.1) is 0 Å². The van der Waals surface area contributed by atoms with Gasteiger partial charge in [0.1, 0.15) is 6.10 Å². The van der Waals surface area contributed by atoms with Gasteiger partial charge in [0.15, 0.2) is 0 Å². The molecular weight excluding hydrogens is 335 g/mol. The average molecular weight is 356 g/mol. The van der Waals surface area contributed by atoms with Crippen LogP contribution in [0.15, 0.2) is 0 Å². The van der Waals surface area contributed by atoms with Crippen LogP contribution in [0.3, 0.4) is 0 Å². The number of halogens is 1. The zero-order valence-electron chi connectivity index (χ0n) is 10.5. The first kappa shape index (κ1) is 16.7. The Morgan fingerprint density at radius 1 is 1.24 bits per heavy atom. The van der Waals surface area contributed by atoms with Crippen LogP contribution in [0.4, 0.5) is 0 Å². The maximum atomic E-state index is 11.4. The lowest BCUT2D eigenvalue weighted by atomic mass is 10.2. The van der Waals surface area contributed by atoms with Gasteiger partial charge in [0.05, 0.1) is 13.0 Å². The lowest BCUT2D eigenvalue weighted by Gasteiger charge is -2.13. The summed E-state index contributed by atoms with van der Waals surface area (Å²) in [5, 5.41) is 0. The van der Waals surface area contributed by atoms with Gasteiger partial charge in [-0.25, -0.2) is 0 Å². The molecule has 1 unspecified atom stereocenters. The summed E-state index contributed by atoms with van der Waals surface area (Å²) in [5.41, 5.74) is 0. The highest BCUT2D eigenvalue weighted by Crippen LogP contribution is 2.06. The maximum absolute atomic E-state index is 11.4. The number of ether oxygens (including phenoxy) is 2. The molecule has 0 aliphatic carbocycles. The predicted molar refractivity (Wildman–Crippen MR) is 74.2 cm³/mol. The molecule has 0 aliphatic rings. The van der Waals surface area contributed by atoms with Gasteiger partial charge >= 0.3 is 11.9 Å². The van der Waals surface area contributed by atoms with Gasteiger partial charge in [0.25, 0.3) is 0 Å².